The largest absolute Gasteiger partial charge is 0.457 e. The highest BCUT2D eigenvalue weighted by Gasteiger charge is 2.48. The van der Waals surface area contributed by atoms with E-state index >= 15 is 0 Å². The minimum absolute atomic E-state index is 0.0163. The highest BCUT2D eigenvalue weighted by atomic mass is 32.3. The smallest absolute Gasteiger partial charge is 0.397 e. The lowest BCUT2D eigenvalue weighted by Gasteiger charge is -2.41. The van der Waals surface area contributed by atoms with Gasteiger partial charge < -0.3 is 34.3 Å². The maximum absolute atomic E-state index is 12.9. The van der Waals surface area contributed by atoms with Crippen molar-refractivity contribution in [3.63, 3.8) is 0 Å². The molecule has 0 aromatic carbocycles. The van der Waals surface area contributed by atoms with Gasteiger partial charge in [0, 0.05) is 13.0 Å². The predicted molar refractivity (Wildman–Crippen MR) is 252 cm³/mol. The number of carbonyl (C=O) groups excluding carboxylic acids is 1. The van der Waals surface area contributed by atoms with Crippen molar-refractivity contribution in [1.29, 1.82) is 0 Å². The van der Waals surface area contributed by atoms with Crippen molar-refractivity contribution in [1.82, 2.24) is 0 Å². The van der Waals surface area contributed by atoms with Crippen molar-refractivity contribution in [3.05, 3.63) is 97.2 Å². The molecule has 1 saturated heterocycles. The molecule has 1 aliphatic heterocycles. The summed E-state index contributed by atoms with van der Waals surface area (Å²) in [6.07, 6.45) is 45.9. The van der Waals surface area contributed by atoms with Gasteiger partial charge in [-0.05, 0) is 89.9 Å². The number of esters is 1. The molecule has 0 saturated carbocycles. The fraction of sp³-hybridized carbons (Fsp3) is 0.660. The van der Waals surface area contributed by atoms with Crippen LogP contribution in [0.3, 0.4) is 0 Å². The summed E-state index contributed by atoms with van der Waals surface area (Å²) in [6, 6.07) is 0. The summed E-state index contributed by atoms with van der Waals surface area (Å²) in [7, 11) is -5.08. The lowest BCUT2D eigenvalue weighted by atomic mass is 9.99. The standard InChI is InChI=1S/C50H82O12S/c1-3-5-7-9-11-13-15-17-19-21-22-23-24-26-28-30-32-34-36-38-40-58-42-44(43-59-50-48(54)49(62-63(55,56)57)47(53)45(41-51)61-50)60-46(52)39-37-35-33-31-29-27-25-20-18-16-14-12-10-8-6-4-2/h5,7,11,13-14,16-17,19-20,22-23,25-26,28,32,34,44-45,47-51,53-54H,3-4,6,8-10,12,15,18,21,24,27,29-31,33,35-43H2,1-2H3,(H,55,56,57)/b7-5-,13-11-,16-14-,19-17-,23-22-,25-20-,28-26-,34-32-. The van der Waals surface area contributed by atoms with Crippen LogP contribution in [0.4, 0.5) is 0 Å². The third-order valence-electron chi connectivity index (χ3n) is 9.94. The van der Waals surface area contributed by atoms with Crippen LogP contribution < -0.4 is 0 Å². The normalized spacial score (nSPS) is 20.8. The number of allylic oxidation sites excluding steroid dienone is 16. The lowest BCUT2D eigenvalue weighted by molar-refractivity contribution is -0.301. The van der Waals surface area contributed by atoms with E-state index in [2.05, 4.69) is 115 Å². The van der Waals surface area contributed by atoms with Crippen molar-refractivity contribution in [2.75, 3.05) is 26.4 Å². The zero-order valence-electron chi connectivity index (χ0n) is 38.3. The molecule has 0 radical (unpaired) electrons. The maximum Gasteiger partial charge on any atom is 0.397 e. The zero-order chi connectivity index (χ0) is 46.1. The van der Waals surface area contributed by atoms with E-state index in [0.29, 0.717) is 13.0 Å². The quantitative estimate of drug-likeness (QED) is 0.0199. The number of carbonyl (C=O) groups is 1. The lowest BCUT2D eigenvalue weighted by Crippen LogP contribution is -2.60. The number of unbranched alkanes of at least 4 members (excludes halogenated alkanes) is 10. The molecule has 4 N–H and O–H groups in total. The molecule has 360 valence electrons. The van der Waals surface area contributed by atoms with Crippen LogP contribution in [-0.4, -0.2) is 97.5 Å². The van der Waals surface area contributed by atoms with E-state index in [1.165, 1.54) is 25.7 Å². The van der Waals surface area contributed by atoms with Crippen molar-refractivity contribution < 1.29 is 56.2 Å². The van der Waals surface area contributed by atoms with Gasteiger partial charge in [0.1, 0.15) is 30.5 Å². The molecule has 6 unspecified atom stereocenters. The molecule has 63 heavy (non-hydrogen) atoms. The Balaban J connectivity index is 2.48. The van der Waals surface area contributed by atoms with Crippen LogP contribution in [0.25, 0.3) is 0 Å². The fourth-order valence-electron chi connectivity index (χ4n) is 6.42. The van der Waals surface area contributed by atoms with Crippen LogP contribution in [0.15, 0.2) is 97.2 Å². The highest BCUT2D eigenvalue weighted by molar-refractivity contribution is 7.80. The van der Waals surface area contributed by atoms with Crippen molar-refractivity contribution in [2.45, 2.75) is 185 Å². The van der Waals surface area contributed by atoms with Crippen molar-refractivity contribution in [3.8, 4) is 0 Å². The van der Waals surface area contributed by atoms with E-state index in [1.807, 2.05) is 0 Å². The molecule has 1 heterocycles. The molecule has 0 aliphatic carbocycles. The van der Waals surface area contributed by atoms with Crippen molar-refractivity contribution in [2.24, 2.45) is 0 Å². The van der Waals surface area contributed by atoms with Crippen LogP contribution in [0.1, 0.15) is 149 Å². The van der Waals surface area contributed by atoms with E-state index in [-0.39, 0.29) is 19.6 Å². The minimum Gasteiger partial charge on any atom is -0.457 e. The van der Waals surface area contributed by atoms with Crippen LogP contribution in [0.2, 0.25) is 0 Å². The van der Waals surface area contributed by atoms with Gasteiger partial charge in [-0.2, -0.15) is 8.42 Å². The Bertz CT molecular complexity index is 1460. The number of hydrogen-bond acceptors (Lipinski definition) is 11. The molecule has 0 aromatic rings. The first-order valence-electron chi connectivity index (χ1n) is 23.5. The second-order valence-electron chi connectivity index (χ2n) is 15.6. The minimum atomic E-state index is -5.08. The topological polar surface area (TPSA) is 178 Å². The second-order valence-corrected chi connectivity index (χ2v) is 16.7. The summed E-state index contributed by atoms with van der Waals surface area (Å²) in [6.45, 7) is 3.66. The SMILES string of the molecule is CC/C=C\C/C=C\C/C=C\C/C=C\C/C=C\C/C=C\CCCOCC(COC1OC(CO)C(O)C(OS(=O)(=O)O)C1O)OC(=O)CCCCCCC/C=C\C/C=C\CCCCCC. The third kappa shape index (κ3) is 34.1. The molecule has 0 spiro atoms. The first kappa shape index (κ1) is 58.0. The molecular weight excluding hydrogens is 825 g/mol. The average Bonchev–Trinajstić information content (AvgIpc) is 3.26. The molecule has 0 amide bonds. The maximum atomic E-state index is 12.9. The van der Waals surface area contributed by atoms with Crippen LogP contribution >= 0.6 is 0 Å². The van der Waals surface area contributed by atoms with Crippen molar-refractivity contribution >= 4 is 16.4 Å². The number of ether oxygens (including phenoxy) is 4. The fourth-order valence-corrected chi connectivity index (χ4v) is 6.93. The van der Waals surface area contributed by atoms with Gasteiger partial charge in [-0.1, -0.05) is 150 Å². The summed E-state index contributed by atoms with van der Waals surface area (Å²) in [5.41, 5.74) is 0. The first-order valence-corrected chi connectivity index (χ1v) is 24.9. The van der Waals surface area contributed by atoms with Crippen LogP contribution in [0, 0.1) is 0 Å². The number of aliphatic hydroxyl groups is 3. The summed E-state index contributed by atoms with van der Waals surface area (Å²) in [4.78, 5) is 12.9. The second kappa shape index (κ2) is 40.5. The summed E-state index contributed by atoms with van der Waals surface area (Å²) in [5, 5.41) is 30.7. The van der Waals surface area contributed by atoms with E-state index < -0.39 is 59.8 Å². The monoisotopic (exact) mass is 907 g/mol. The van der Waals surface area contributed by atoms with E-state index in [1.54, 1.807) is 0 Å². The van der Waals surface area contributed by atoms with Crippen LogP contribution in [0.5, 0.6) is 0 Å². The molecule has 1 fully saturated rings. The Kier molecular flexibility index (Phi) is 37.3. The predicted octanol–water partition coefficient (Wildman–Crippen LogP) is 10.2. The molecular formula is C50H82O12S. The Morgan fingerprint density at radius 2 is 1.10 bits per heavy atom. The molecule has 0 aromatic heterocycles. The van der Waals surface area contributed by atoms with E-state index in [9.17, 15) is 28.5 Å². The van der Waals surface area contributed by atoms with E-state index in [0.717, 1.165) is 96.3 Å². The summed E-state index contributed by atoms with van der Waals surface area (Å²) >= 11 is 0. The summed E-state index contributed by atoms with van der Waals surface area (Å²) < 4.78 is 59.0. The van der Waals surface area contributed by atoms with Gasteiger partial charge in [0.2, 0.25) is 0 Å². The van der Waals surface area contributed by atoms with Gasteiger partial charge in [-0.25, -0.2) is 4.18 Å². The number of aliphatic hydroxyl groups excluding tert-OH is 3. The van der Waals surface area contributed by atoms with Gasteiger partial charge >= 0.3 is 16.4 Å². The average molecular weight is 907 g/mol. The molecule has 1 aliphatic rings. The van der Waals surface area contributed by atoms with E-state index in [4.69, 9.17) is 23.5 Å². The zero-order valence-corrected chi connectivity index (χ0v) is 39.2. The molecule has 12 nitrogen and oxygen atoms in total. The van der Waals surface area contributed by atoms with Gasteiger partial charge in [-0.15, -0.1) is 0 Å². The Morgan fingerprint density at radius 1 is 0.619 bits per heavy atom. The Morgan fingerprint density at radius 3 is 1.60 bits per heavy atom. The Hall–Kier alpha value is -2.98. The molecule has 1 rings (SSSR count). The molecule has 13 heteroatoms. The Labute approximate surface area is 380 Å². The molecule has 6 atom stereocenters. The van der Waals surface area contributed by atoms with Gasteiger partial charge in [-0.3, -0.25) is 9.35 Å². The third-order valence-corrected chi connectivity index (χ3v) is 10.4. The van der Waals surface area contributed by atoms with Gasteiger partial charge in [0.25, 0.3) is 0 Å². The highest BCUT2D eigenvalue weighted by Crippen LogP contribution is 2.26. The number of hydrogen-bond donors (Lipinski definition) is 4. The number of rotatable bonds is 39. The summed E-state index contributed by atoms with van der Waals surface area (Å²) in [5.74, 6) is -0.437. The van der Waals surface area contributed by atoms with Gasteiger partial charge in [0.15, 0.2) is 6.29 Å². The van der Waals surface area contributed by atoms with Crippen LogP contribution in [-0.2, 0) is 38.3 Å². The molecule has 0 bridgehead atoms. The first-order chi connectivity index (χ1) is 30.6. The van der Waals surface area contributed by atoms with Gasteiger partial charge in [0.05, 0.1) is 19.8 Å².